The number of carbonyl (C=O) groups excluding carboxylic acids is 1. The van der Waals surface area contributed by atoms with Crippen LogP contribution in [0.2, 0.25) is 5.02 Å². The molecule has 0 heterocycles. The van der Waals surface area contributed by atoms with Crippen molar-refractivity contribution in [3.8, 4) is 17.6 Å². The van der Waals surface area contributed by atoms with Crippen LogP contribution in [0.1, 0.15) is 25.7 Å². The van der Waals surface area contributed by atoms with Gasteiger partial charge in [0.25, 0.3) is 10.1 Å². The van der Waals surface area contributed by atoms with Gasteiger partial charge in [-0.15, -0.1) is 0 Å². The molecule has 0 unspecified atom stereocenters. The first-order valence-corrected chi connectivity index (χ1v) is 10.9. The second-order valence-corrected chi connectivity index (χ2v) is 8.79. The maximum Gasteiger partial charge on any atom is 0.414 e. The molecule has 0 saturated heterocycles. The molecule has 1 fully saturated rings. The average Bonchev–Trinajstić information content (AvgIpc) is 2.61. The van der Waals surface area contributed by atoms with Crippen LogP contribution >= 0.6 is 11.6 Å². The molecule has 2 rings (SSSR count). The van der Waals surface area contributed by atoms with Crippen LogP contribution in [-0.4, -0.2) is 45.9 Å². The number of ether oxygens (including phenoxy) is 1. The van der Waals surface area contributed by atoms with E-state index in [1.165, 1.54) is 0 Å². The van der Waals surface area contributed by atoms with E-state index in [1.807, 2.05) is 0 Å². The molecule has 1 aliphatic rings. The van der Waals surface area contributed by atoms with Gasteiger partial charge in [0.2, 0.25) is 0 Å². The van der Waals surface area contributed by atoms with E-state index in [-0.39, 0.29) is 12.5 Å². The SMILES string of the molecule is CN(CC1CCC(C#CCOS(C)(=O)=O)CC1)C(=O)Oc1ccc(Cl)cc1. The number of hydrogen-bond acceptors (Lipinski definition) is 5. The van der Waals surface area contributed by atoms with Gasteiger partial charge in [0.15, 0.2) is 0 Å². The van der Waals surface area contributed by atoms with Crippen molar-refractivity contribution in [2.24, 2.45) is 11.8 Å². The van der Waals surface area contributed by atoms with E-state index in [0.29, 0.717) is 23.2 Å². The summed E-state index contributed by atoms with van der Waals surface area (Å²) in [6, 6.07) is 6.66. The third-order valence-corrected chi connectivity index (χ3v) is 5.16. The van der Waals surface area contributed by atoms with Crippen molar-refractivity contribution in [1.82, 2.24) is 4.90 Å². The molecule has 0 bridgehead atoms. The molecule has 0 aromatic heterocycles. The van der Waals surface area contributed by atoms with Crippen LogP contribution in [0.5, 0.6) is 5.75 Å². The smallest absolute Gasteiger partial charge is 0.410 e. The lowest BCUT2D eigenvalue weighted by molar-refractivity contribution is 0.148. The molecular weight excluding hydrogens is 390 g/mol. The highest BCUT2D eigenvalue weighted by molar-refractivity contribution is 7.86. The van der Waals surface area contributed by atoms with Crippen molar-refractivity contribution >= 4 is 27.8 Å². The average molecular weight is 414 g/mol. The zero-order chi connectivity index (χ0) is 19.9. The molecule has 1 saturated carbocycles. The summed E-state index contributed by atoms with van der Waals surface area (Å²) >= 11 is 5.82. The Morgan fingerprint density at radius 3 is 2.44 bits per heavy atom. The van der Waals surface area contributed by atoms with Crippen LogP contribution in [0.3, 0.4) is 0 Å². The molecule has 1 aromatic carbocycles. The minimum atomic E-state index is -3.44. The van der Waals surface area contributed by atoms with Crippen molar-refractivity contribution in [2.75, 3.05) is 26.5 Å². The van der Waals surface area contributed by atoms with Gasteiger partial charge in [0, 0.05) is 24.5 Å². The van der Waals surface area contributed by atoms with E-state index < -0.39 is 16.2 Å². The summed E-state index contributed by atoms with van der Waals surface area (Å²) < 4.78 is 31.7. The molecule has 0 N–H and O–H groups in total. The van der Waals surface area contributed by atoms with Gasteiger partial charge in [0.1, 0.15) is 12.4 Å². The van der Waals surface area contributed by atoms with E-state index in [9.17, 15) is 13.2 Å². The lowest BCUT2D eigenvalue weighted by Gasteiger charge is -2.29. The summed E-state index contributed by atoms with van der Waals surface area (Å²) in [6.45, 7) is 0.530. The molecule has 8 heteroatoms. The number of rotatable bonds is 5. The maximum atomic E-state index is 12.2. The number of carbonyl (C=O) groups is 1. The van der Waals surface area contributed by atoms with Crippen LogP contribution in [0.4, 0.5) is 4.79 Å². The van der Waals surface area contributed by atoms with Crippen molar-refractivity contribution in [1.29, 1.82) is 0 Å². The van der Waals surface area contributed by atoms with E-state index >= 15 is 0 Å². The molecule has 1 amide bonds. The second-order valence-electron chi connectivity index (χ2n) is 6.71. The van der Waals surface area contributed by atoms with Crippen molar-refractivity contribution in [3.63, 3.8) is 0 Å². The zero-order valence-corrected chi connectivity index (χ0v) is 17.1. The van der Waals surface area contributed by atoms with Crippen LogP contribution in [-0.2, 0) is 14.3 Å². The van der Waals surface area contributed by atoms with Crippen LogP contribution in [0, 0.1) is 23.7 Å². The number of nitrogens with zero attached hydrogens (tertiary/aromatic N) is 1. The first kappa shape index (κ1) is 21.5. The molecule has 6 nitrogen and oxygen atoms in total. The minimum Gasteiger partial charge on any atom is -0.410 e. The molecule has 0 atom stereocenters. The molecule has 1 aliphatic carbocycles. The molecule has 27 heavy (non-hydrogen) atoms. The van der Waals surface area contributed by atoms with Crippen LogP contribution < -0.4 is 4.74 Å². The summed E-state index contributed by atoms with van der Waals surface area (Å²) in [5.74, 6) is 6.96. The first-order chi connectivity index (χ1) is 12.7. The standard InChI is InChI=1S/C19H24ClNO5S/c1-21(19(22)26-18-11-9-17(20)10-12-18)14-16-7-5-15(6-8-16)4-3-13-25-27(2,23)24/h9-12,15-16H,5-8,13-14H2,1-2H3. The fourth-order valence-electron chi connectivity index (χ4n) is 2.96. The molecule has 148 valence electrons. The monoisotopic (exact) mass is 413 g/mol. The number of benzene rings is 1. The normalized spacial score (nSPS) is 19.7. The predicted octanol–water partition coefficient (Wildman–Crippen LogP) is 3.56. The molecule has 1 aromatic rings. The van der Waals surface area contributed by atoms with Gasteiger partial charge in [-0.2, -0.15) is 8.42 Å². The Balaban J connectivity index is 1.72. The van der Waals surface area contributed by atoms with Gasteiger partial charge < -0.3 is 9.64 Å². The fraction of sp³-hybridized carbons (Fsp3) is 0.526. The Kier molecular flexibility index (Phi) is 7.96. The summed E-state index contributed by atoms with van der Waals surface area (Å²) in [5, 5.41) is 0.589. The van der Waals surface area contributed by atoms with Gasteiger partial charge in [-0.3, -0.25) is 4.18 Å². The third kappa shape index (κ3) is 8.21. The zero-order valence-electron chi connectivity index (χ0n) is 15.5. The van der Waals surface area contributed by atoms with Crippen molar-refractivity contribution in [2.45, 2.75) is 25.7 Å². The Morgan fingerprint density at radius 2 is 1.85 bits per heavy atom. The highest BCUT2D eigenvalue weighted by Crippen LogP contribution is 2.29. The van der Waals surface area contributed by atoms with Gasteiger partial charge in [-0.05, 0) is 55.9 Å². The number of halogens is 1. The van der Waals surface area contributed by atoms with E-state index in [0.717, 1.165) is 31.9 Å². The van der Waals surface area contributed by atoms with E-state index in [1.54, 1.807) is 36.2 Å². The van der Waals surface area contributed by atoms with E-state index in [2.05, 4.69) is 16.0 Å². The Bertz CT molecular complexity index is 790. The van der Waals surface area contributed by atoms with Gasteiger partial charge in [0.05, 0.1) is 6.26 Å². The fourth-order valence-corrected chi connectivity index (χ4v) is 3.35. The summed E-state index contributed by atoms with van der Waals surface area (Å²) in [5.41, 5.74) is 0. The first-order valence-electron chi connectivity index (χ1n) is 8.74. The lowest BCUT2D eigenvalue weighted by atomic mass is 9.82. The van der Waals surface area contributed by atoms with Gasteiger partial charge in [-0.25, -0.2) is 4.79 Å². The van der Waals surface area contributed by atoms with Crippen molar-refractivity contribution < 1.29 is 22.1 Å². The highest BCUT2D eigenvalue weighted by atomic mass is 35.5. The topological polar surface area (TPSA) is 72.9 Å². The quantitative estimate of drug-likeness (QED) is 0.545. The van der Waals surface area contributed by atoms with Crippen LogP contribution in [0.15, 0.2) is 24.3 Å². The Labute approximate surface area is 165 Å². The minimum absolute atomic E-state index is 0.0992. The van der Waals surface area contributed by atoms with Crippen molar-refractivity contribution in [3.05, 3.63) is 29.3 Å². The lowest BCUT2D eigenvalue weighted by Crippen LogP contribution is -2.35. The maximum absolute atomic E-state index is 12.2. The summed E-state index contributed by atoms with van der Waals surface area (Å²) in [6.07, 6.45) is 4.40. The molecule has 0 aliphatic heterocycles. The molecule has 0 radical (unpaired) electrons. The Morgan fingerprint density at radius 1 is 1.22 bits per heavy atom. The van der Waals surface area contributed by atoms with Crippen LogP contribution in [0.25, 0.3) is 0 Å². The summed E-state index contributed by atoms with van der Waals surface area (Å²) in [4.78, 5) is 13.8. The summed E-state index contributed by atoms with van der Waals surface area (Å²) in [7, 11) is -1.71. The molecular formula is C19H24ClNO5S. The largest absolute Gasteiger partial charge is 0.414 e. The van der Waals surface area contributed by atoms with E-state index in [4.69, 9.17) is 16.3 Å². The highest BCUT2D eigenvalue weighted by Gasteiger charge is 2.23. The molecule has 0 spiro atoms. The third-order valence-electron chi connectivity index (χ3n) is 4.36. The van der Waals surface area contributed by atoms with Gasteiger partial charge >= 0.3 is 6.09 Å². The van der Waals surface area contributed by atoms with Gasteiger partial charge in [-0.1, -0.05) is 23.4 Å². The predicted molar refractivity (Wildman–Crippen MR) is 104 cm³/mol. The number of amides is 1. The Hall–Kier alpha value is -1.75. The second kappa shape index (κ2) is 9.98. The number of hydrogen-bond donors (Lipinski definition) is 0.